The summed E-state index contributed by atoms with van der Waals surface area (Å²) >= 11 is 0. The van der Waals surface area contributed by atoms with Crippen molar-refractivity contribution in [1.82, 2.24) is 4.90 Å². The summed E-state index contributed by atoms with van der Waals surface area (Å²) in [5.41, 5.74) is -0.408. The first-order chi connectivity index (χ1) is 13.0. The fourth-order valence-electron chi connectivity index (χ4n) is 4.44. The fourth-order valence-corrected chi connectivity index (χ4v) is 4.44. The van der Waals surface area contributed by atoms with E-state index < -0.39 is 4.92 Å². The Kier molecular flexibility index (Phi) is 5.72. The van der Waals surface area contributed by atoms with Gasteiger partial charge in [0.25, 0.3) is 5.91 Å². The average molecular weight is 378 g/mol. The van der Waals surface area contributed by atoms with E-state index in [0.29, 0.717) is 24.9 Å². The molecule has 0 N–H and O–H groups in total. The molecule has 1 aromatic rings. The number of nitro benzene ring substituents is 1. The molecule has 1 aliphatic heterocycles. The molecule has 0 spiro atoms. The molecule has 2 fully saturated rings. The number of ether oxygens (including phenoxy) is 3. The van der Waals surface area contributed by atoms with Crippen LogP contribution in [0.3, 0.4) is 0 Å². The van der Waals surface area contributed by atoms with Gasteiger partial charge < -0.3 is 19.1 Å². The summed E-state index contributed by atoms with van der Waals surface area (Å²) in [6.07, 6.45) is 5.73. The smallest absolute Gasteiger partial charge is 0.327 e. The van der Waals surface area contributed by atoms with Crippen molar-refractivity contribution in [2.24, 2.45) is 11.8 Å². The highest BCUT2D eigenvalue weighted by atomic mass is 16.6. The van der Waals surface area contributed by atoms with Crippen molar-refractivity contribution in [1.29, 1.82) is 0 Å². The molecule has 0 radical (unpaired) electrons. The number of methoxy groups -OCH3 is 3. The lowest BCUT2D eigenvalue weighted by atomic mass is 9.75. The van der Waals surface area contributed by atoms with Crippen molar-refractivity contribution in [3.05, 3.63) is 21.7 Å². The standard InChI is InChI=1S/C19H26N2O6/c1-25-15-10-14(16(21(23)24)18(27-3)17(15)26-2)19(22)20-9-8-12-6-4-5-7-13(12)11-20/h10,12-13H,4-9,11H2,1-3H3/t12-,13-/m1/s1. The number of carbonyl (C=O) groups excluding carboxylic acids is 1. The van der Waals surface area contributed by atoms with Gasteiger partial charge in [-0.15, -0.1) is 0 Å². The molecule has 27 heavy (non-hydrogen) atoms. The molecular weight excluding hydrogens is 352 g/mol. The Hall–Kier alpha value is -2.51. The number of fused-ring (bicyclic) bond motifs is 1. The highest BCUT2D eigenvalue weighted by molar-refractivity contribution is 6.00. The first kappa shape index (κ1) is 19.3. The van der Waals surface area contributed by atoms with Crippen LogP contribution in [0.25, 0.3) is 0 Å². The second-order valence-electron chi connectivity index (χ2n) is 7.14. The Morgan fingerprint density at radius 3 is 2.33 bits per heavy atom. The Balaban J connectivity index is 1.99. The Bertz CT molecular complexity index is 735. The summed E-state index contributed by atoms with van der Waals surface area (Å²) < 4.78 is 15.7. The third kappa shape index (κ3) is 3.52. The minimum Gasteiger partial charge on any atom is -0.493 e. The molecule has 8 heteroatoms. The molecule has 1 aromatic carbocycles. The number of rotatable bonds is 5. The maximum absolute atomic E-state index is 13.2. The minimum absolute atomic E-state index is 0.0243. The van der Waals surface area contributed by atoms with Crippen LogP contribution in [0.5, 0.6) is 17.2 Å². The van der Waals surface area contributed by atoms with Crippen LogP contribution in [0.2, 0.25) is 0 Å². The topological polar surface area (TPSA) is 91.1 Å². The largest absolute Gasteiger partial charge is 0.493 e. The quantitative estimate of drug-likeness (QED) is 0.577. The van der Waals surface area contributed by atoms with Gasteiger partial charge in [0.1, 0.15) is 5.56 Å². The molecule has 8 nitrogen and oxygen atoms in total. The van der Waals surface area contributed by atoms with Crippen LogP contribution in [-0.2, 0) is 0 Å². The predicted molar refractivity (Wildman–Crippen MR) is 98.7 cm³/mol. The first-order valence-corrected chi connectivity index (χ1v) is 9.28. The van der Waals surface area contributed by atoms with Gasteiger partial charge in [-0.1, -0.05) is 19.3 Å². The van der Waals surface area contributed by atoms with Crippen molar-refractivity contribution in [3.63, 3.8) is 0 Å². The molecule has 2 aliphatic rings. The molecule has 2 atom stereocenters. The lowest BCUT2D eigenvalue weighted by Crippen LogP contribution is -2.44. The zero-order valence-electron chi connectivity index (χ0n) is 16.0. The van der Waals surface area contributed by atoms with Gasteiger partial charge in [0.15, 0.2) is 5.75 Å². The SMILES string of the molecule is COc1cc(C(=O)N2CC[C@H]3CCCC[C@@H]3C2)c([N+](=O)[O-])c(OC)c1OC. The number of likely N-dealkylation sites (tertiary alicyclic amines) is 1. The van der Waals surface area contributed by atoms with Gasteiger partial charge in [-0.2, -0.15) is 0 Å². The van der Waals surface area contributed by atoms with Gasteiger partial charge in [0.2, 0.25) is 11.5 Å². The lowest BCUT2D eigenvalue weighted by molar-refractivity contribution is -0.386. The lowest BCUT2D eigenvalue weighted by Gasteiger charge is -2.41. The molecule has 0 aromatic heterocycles. The van der Waals surface area contributed by atoms with Crippen molar-refractivity contribution in [3.8, 4) is 17.2 Å². The molecule has 1 heterocycles. The first-order valence-electron chi connectivity index (χ1n) is 9.28. The number of hydrogen-bond donors (Lipinski definition) is 0. The third-order valence-corrected chi connectivity index (χ3v) is 5.80. The van der Waals surface area contributed by atoms with Crippen LogP contribution in [0.15, 0.2) is 6.07 Å². The number of nitro groups is 1. The Labute approximate surface area is 158 Å². The normalized spacial score (nSPS) is 22.0. The molecule has 1 aliphatic carbocycles. The van der Waals surface area contributed by atoms with Gasteiger partial charge in [0, 0.05) is 19.2 Å². The Morgan fingerprint density at radius 2 is 1.74 bits per heavy atom. The monoisotopic (exact) mass is 378 g/mol. The van der Waals surface area contributed by atoms with E-state index in [2.05, 4.69) is 0 Å². The minimum atomic E-state index is -0.596. The third-order valence-electron chi connectivity index (χ3n) is 5.80. The number of hydrogen-bond acceptors (Lipinski definition) is 6. The number of benzene rings is 1. The zero-order chi connectivity index (χ0) is 19.6. The van der Waals surface area contributed by atoms with E-state index in [9.17, 15) is 14.9 Å². The number of carbonyl (C=O) groups is 1. The van der Waals surface area contributed by atoms with E-state index in [1.807, 2.05) is 0 Å². The highest BCUT2D eigenvalue weighted by Gasteiger charge is 2.38. The summed E-state index contributed by atoms with van der Waals surface area (Å²) in [5.74, 6) is 1.03. The second-order valence-corrected chi connectivity index (χ2v) is 7.14. The maximum atomic E-state index is 13.2. The predicted octanol–water partition coefficient (Wildman–Crippen LogP) is 3.27. The summed E-state index contributed by atoms with van der Waals surface area (Å²) in [5, 5.41) is 11.7. The van der Waals surface area contributed by atoms with E-state index >= 15 is 0 Å². The molecule has 0 unspecified atom stereocenters. The van der Waals surface area contributed by atoms with E-state index in [-0.39, 0.29) is 34.4 Å². The number of amides is 1. The van der Waals surface area contributed by atoms with E-state index in [1.165, 1.54) is 46.7 Å². The van der Waals surface area contributed by atoms with Crippen LogP contribution in [0.4, 0.5) is 5.69 Å². The molecule has 1 amide bonds. The highest BCUT2D eigenvalue weighted by Crippen LogP contribution is 2.47. The maximum Gasteiger partial charge on any atom is 0.327 e. The van der Waals surface area contributed by atoms with Crippen LogP contribution >= 0.6 is 0 Å². The van der Waals surface area contributed by atoms with Gasteiger partial charge in [-0.25, -0.2) is 0 Å². The van der Waals surface area contributed by atoms with Gasteiger partial charge in [-0.05, 0) is 24.7 Å². The van der Waals surface area contributed by atoms with Crippen LogP contribution in [0.1, 0.15) is 42.5 Å². The van der Waals surface area contributed by atoms with E-state index in [4.69, 9.17) is 14.2 Å². The van der Waals surface area contributed by atoms with Crippen molar-refractivity contribution < 1.29 is 23.9 Å². The van der Waals surface area contributed by atoms with Crippen molar-refractivity contribution >= 4 is 11.6 Å². The molecule has 0 bridgehead atoms. The van der Waals surface area contributed by atoms with Gasteiger partial charge in [-0.3, -0.25) is 14.9 Å². The molecule has 1 saturated carbocycles. The summed E-state index contributed by atoms with van der Waals surface area (Å²) in [6.45, 7) is 1.27. The fraction of sp³-hybridized carbons (Fsp3) is 0.632. The van der Waals surface area contributed by atoms with Gasteiger partial charge in [0.05, 0.1) is 26.3 Å². The molecular formula is C19H26N2O6. The summed E-state index contributed by atoms with van der Waals surface area (Å²) in [4.78, 5) is 26.1. The van der Waals surface area contributed by atoms with Crippen molar-refractivity contribution in [2.75, 3.05) is 34.4 Å². The van der Waals surface area contributed by atoms with E-state index in [0.717, 1.165) is 12.8 Å². The second kappa shape index (κ2) is 8.02. The molecule has 3 rings (SSSR count). The van der Waals surface area contributed by atoms with Gasteiger partial charge >= 0.3 is 5.69 Å². The van der Waals surface area contributed by atoms with E-state index in [1.54, 1.807) is 4.90 Å². The number of nitrogens with zero attached hydrogens (tertiary/aromatic N) is 2. The summed E-state index contributed by atoms with van der Waals surface area (Å²) in [6, 6.07) is 1.38. The average Bonchev–Trinajstić information content (AvgIpc) is 2.70. The number of piperidine rings is 1. The zero-order valence-corrected chi connectivity index (χ0v) is 16.0. The molecule has 148 valence electrons. The Morgan fingerprint density at radius 1 is 1.07 bits per heavy atom. The summed E-state index contributed by atoms with van der Waals surface area (Å²) in [7, 11) is 4.11. The van der Waals surface area contributed by atoms with Crippen molar-refractivity contribution in [2.45, 2.75) is 32.1 Å². The molecule has 1 saturated heterocycles. The van der Waals surface area contributed by atoms with Crippen LogP contribution in [-0.4, -0.2) is 50.1 Å². The van der Waals surface area contributed by atoms with Crippen LogP contribution < -0.4 is 14.2 Å². The van der Waals surface area contributed by atoms with Crippen LogP contribution in [0, 0.1) is 22.0 Å².